The third kappa shape index (κ3) is 9.16. The minimum atomic E-state index is -1.00. The molecule has 0 amide bonds. The fourth-order valence-electron chi connectivity index (χ4n) is 10.8. The van der Waals surface area contributed by atoms with Crippen LogP contribution >= 0.6 is 7.92 Å². The van der Waals surface area contributed by atoms with Crippen LogP contribution in [0.2, 0.25) is 0 Å². The minimum Gasteiger partial charge on any atom is -0.393 e. The van der Waals surface area contributed by atoms with Gasteiger partial charge in [0.2, 0.25) is 0 Å². The maximum Gasteiger partial charge on any atom is 0.0559 e. The molecule has 322 valence electrons. The van der Waals surface area contributed by atoms with Crippen molar-refractivity contribution in [3.8, 4) is 0 Å². The van der Waals surface area contributed by atoms with E-state index < -0.39 is 14.0 Å². The van der Waals surface area contributed by atoms with Crippen LogP contribution in [0.4, 0.5) is 0 Å². The SMILES string of the molecule is CC(C)c1cccc(C(C)C)c1C(c1ccccc1)c1cccc(C(c2ccccc2)c2c(C(C)C)cccc2C(C)C)c1P1C(c2ccccc2)CC(O)CC1c1ccccc1. The molecule has 1 aliphatic heterocycles. The van der Waals surface area contributed by atoms with Crippen LogP contribution < -0.4 is 5.30 Å². The molecule has 1 nitrogen and oxygen atoms in total. The minimum absolute atomic E-state index is 0.0133. The average molecular weight is 847 g/mol. The molecule has 7 aromatic rings. The van der Waals surface area contributed by atoms with Gasteiger partial charge < -0.3 is 5.11 Å². The summed E-state index contributed by atoms with van der Waals surface area (Å²) < 4.78 is 0. The van der Waals surface area contributed by atoms with Crippen LogP contribution in [0, 0.1) is 0 Å². The molecule has 4 unspecified atom stereocenters. The van der Waals surface area contributed by atoms with Crippen LogP contribution in [0.5, 0.6) is 0 Å². The van der Waals surface area contributed by atoms with Gasteiger partial charge in [0.15, 0.2) is 0 Å². The van der Waals surface area contributed by atoms with Gasteiger partial charge in [0, 0.05) is 23.2 Å². The summed E-state index contributed by atoms with van der Waals surface area (Å²) in [5.41, 5.74) is 17.0. The van der Waals surface area contributed by atoms with E-state index in [-0.39, 0.29) is 23.2 Å². The highest BCUT2D eigenvalue weighted by atomic mass is 31.1. The van der Waals surface area contributed by atoms with E-state index in [0.29, 0.717) is 23.7 Å². The van der Waals surface area contributed by atoms with Crippen molar-refractivity contribution in [1.82, 2.24) is 0 Å². The Labute approximate surface area is 380 Å². The Morgan fingerprint density at radius 3 is 0.952 bits per heavy atom. The van der Waals surface area contributed by atoms with Crippen LogP contribution in [0.3, 0.4) is 0 Å². The highest BCUT2D eigenvalue weighted by molar-refractivity contribution is 7.66. The average Bonchev–Trinajstić information content (AvgIpc) is 3.30. The summed E-state index contributed by atoms with van der Waals surface area (Å²) in [5.74, 6) is 1.32. The fourth-order valence-corrected chi connectivity index (χ4v) is 14.8. The first kappa shape index (κ1) is 44.5. The summed E-state index contributed by atoms with van der Waals surface area (Å²) in [7, 11) is -1.00. The van der Waals surface area contributed by atoms with E-state index in [9.17, 15) is 5.11 Å². The monoisotopic (exact) mass is 846 g/mol. The highest BCUT2D eigenvalue weighted by Crippen LogP contribution is 2.69. The van der Waals surface area contributed by atoms with Gasteiger partial charge in [0.05, 0.1) is 6.10 Å². The third-order valence-corrected chi connectivity index (χ3v) is 17.1. The molecule has 63 heavy (non-hydrogen) atoms. The Morgan fingerprint density at radius 1 is 0.365 bits per heavy atom. The zero-order valence-corrected chi connectivity index (χ0v) is 39.6. The lowest BCUT2D eigenvalue weighted by Gasteiger charge is -2.45. The van der Waals surface area contributed by atoms with Gasteiger partial charge in [0.25, 0.3) is 0 Å². The molecule has 0 aliphatic carbocycles. The Balaban J connectivity index is 1.59. The highest BCUT2D eigenvalue weighted by Gasteiger charge is 2.44. The van der Waals surface area contributed by atoms with Crippen molar-refractivity contribution in [2.24, 2.45) is 0 Å². The van der Waals surface area contributed by atoms with Gasteiger partial charge in [-0.05, 0) is 109 Å². The smallest absolute Gasteiger partial charge is 0.0559 e. The predicted octanol–water partition coefficient (Wildman–Crippen LogP) is 16.3. The van der Waals surface area contributed by atoms with Crippen molar-refractivity contribution in [1.29, 1.82) is 0 Å². The van der Waals surface area contributed by atoms with Crippen LogP contribution in [-0.4, -0.2) is 11.2 Å². The van der Waals surface area contributed by atoms with E-state index in [0.717, 1.165) is 12.8 Å². The molecule has 1 saturated heterocycles. The summed E-state index contributed by atoms with van der Waals surface area (Å²) in [5, 5.41) is 13.6. The fraction of sp³-hybridized carbons (Fsp3) is 0.311. The Hall–Kier alpha value is -5.07. The summed E-state index contributed by atoms with van der Waals surface area (Å²) >= 11 is 0. The second kappa shape index (κ2) is 19.8. The van der Waals surface area contributed by atoms with Gasteiger partial charge in [-0.15, -0.1) is 0 Å². The van der Waals surface area contributed by atoms with Gasteiger partial charge in [-0.1, -0.05) is 239 Å². The molecule has 2 heteroatoms. The number of aliphatic hydroxyl groups excluding tert-OH is 1. The summed E-state index contributed by atoms with van der Waals surface area (Å²) in [6.45, 7) is 18.9. The van der Waals surface area contributed by atoms with E-state index in [1.807, 2.05) is 0 Å². The normalized spacial score (nSPS) is 18.9. The van der Waals surface area contributed by atoms with Crippen LogP contribution in [0.1, 0.15) is 182 Å². The summed E-state index contributed by atoms with van der Waals surface area (Å²) in [6.07, 6.45) is 1.06. The van der Waals surface area contributed by atoms with E-state index in [1.165, 1.54) is 72.1 Å². The van der Waals surface area contributed by atoms with Gasteiger partial charge in [-0.2, -0.15) is 0 Å². The Bertz CT molecular complexity index is 2330. The quantitative estimate of drug-likeness (QED) is 0.0905. The molecule has 1 heterocycles. The number of benzene rings is 7. The largest absolute Gasteiger partial charge is 0.393 e. The Kier molecular flexibility index (Phi) is 14.0. The molecule has 0 spiro atoms. The summed E-state index contributed by atoms with van der Waals surface area (Å²) in [6, 6.07) is 66.8. The van der Waals surface area contributed by atoms with E-state index in [1.54, 1.807) is 0 Å². The van der Waals surface area contributed by atoms with Crippen LogP contribution in [0.15, 0.2) is 176 Å². The molecule has 0 aromatic heterocycles. The van der Waals surface area contributed by atoms with Crippen molar-refractivity contribution in [3.63, 3.8) is 0 Å². The summed E-state index contributed by atoms with van der Waals surface area (Å²) in [4.78, 5) is 0. The molecule has 1 fully saturated rings. The molecule has 0 saturated carbocycles. The lowest BCUT2D eigenvalue weighted by Crippen LogP contribution is -2.32. The van der Waals surface area contributed by atoms with Gasteiger partial charge in [-0.25, -0.2) is 0 Å². The molecule has 0 radical (unpaired) electrons. The molecule has 0 bridgehead atoms. The first-order chi connectivity index (χ1) is 30.5. The predicted molar refractivity (Wildman–Crippen MR) is 271 cm³/mol. The maximum absolute atomic E-state index is 12.1. The molecule has 7 aromatic carbocycles. The lowest BCUT2D eigenvalue weighted by atomic mass is 9.73. The number of hydrogen-bond donors (Lipinski definition) is 1. The topological polar surface area (TPSA) is 20.2 Å². The van der Waals surface area contributed by atoms with Gasteiger partial charge >= 0.3 is 0 Å². The Morgan fingerprint density at radius 2 is 0.651 bits per heavy atom. The third-order valence-electron chi connectivity index (χ3n) is 13.7. The van der Waals surface area contributed by atoms with Gasteiger partial charge in [0.1, 0.15) is 0 Å². The van der Waals surface area contributed by atoms with Crippen molar-refractivity contribution in [3.05, 3.63) is 243 Å². The first-order valence-corrected chi connectivity index (χ1v) is 25.1. The second-order valence-electron chi connectivity index (χ2n) is 19.2. The first-order valence-electron chi connectivity index (χ1n) is 23.6. The van der Waals surface area contributed by atoms with Crippen molar-refractivity contribution < 1.29 is 5.11 Å². The van der Waals surface area contributed by atoms with Gasteiger partial charge in [-0.3, -0.25) is 0 Å². The van der Waals surface area contributed by atoms with Crippen LogP contribution in [0.25, 0.3) is 0 Å². The van der Waals surface area contributed by atoms with E-state index >= 15 is 0 Å². The molecule has 8 rings (SSSR count). The van der Waals surface area contributed by atoms with E-state index in [4.69, 9.17) is 0 Å². The lowest BCUT2D eigenvalue weighted by molar-refractivity contribution is 0.146. The molecular formula is C61H67OP. The maximum atomic E-state index is 12.1. The standard InChI is InChI=1S/C61H67OP/c1-40(2)49-32-21-33-50(41(3)4)59(49)57(46-28-17-11-18-29-46)53-36-23-37-54(58(47-30-19-12-20-31-47)60-51(42(5)6)34-22-35-52(60)43(7)8)61(53)63-55(44-24-13-9-14-25-44)38-48(62)39-56(63)45-26-15-10-16-27-45/h9-37,40-43,48,55-58,62H,38-39H2,1-8H3. The van der Waals surface area contributed by atoms with Crippen LogP contribution in [-0.2, 0) is 0 Å². The molecule has 4 atom stereocenters. The number of rotatable bonds is 13. The van der Waals surface area contributed by atoms with Crippen molar-refractivity contribution in [2.75, 3.05) is 0 Å². The number of aliphatic hydroxyl groups is 1. The second-order valence-corrected chi connectivity index (χ2v) is 21.7. The number of hydrogen-bond acceptors (Lipinski definition) is 1. The molecular weight excluding hydrogens is 780 g/mol. The zero-order valence-electron chi connectivity index (χ0n) is 38.7. The molecule has 1 aliphatic rings. The van der Waals surface area contributed by atoms with Crippen molar-refractivity contribution in [2.45, 2.75) is 121 Å². The molecule has 1 N–H and O–H groups in total. The zero-order chi connectivity index (χ0) is 44.2. The van der Waals surface area contributed by atoms with Crippen molar-refractivity contribution >= 4 is 13.2 Å². The van der Waals surface area contributed by atoms with E-state index in [2.05, 4.69) is 231 Å².